The fourth-order valence-corrected chi connectivity index (χ4v) is 4.44. The van der Waals surface area contributed by atoms with Crippen molar-refractivity contribution in [3.63, 3.8) is 0 Å². The average Bonchev–Trinajstić information content (AvgIpc) is 3.33. The van der Waals surface area contributed by atoms with E-state index >= 15 is 0 Å². The number of esters is 2. The van der Waals surface area contributed by atoms with Crippen LogP contribution in [-0.2, 0) is 4.79 Å². The molecule has 0 amide bonds. The smallest absolute Gasteiger partial charge is 0.343 e. The number of para-hydroxylation sites is 2. The number of benzene rings is 4. The highest BCUT2D eigenvalue weighted by Crippen LogP contribution is 2.36. The van der Waals surface area contributed by atoms with E-state index in [0.29, 0.717) is 5.75 Å². The van der Waals surface area contributed by atoms with Gasteiger partial charge in [-0.15, -0.1) is 11.3 Å². The van der Waals surface area contributed by atoms with E-state index in [-0.39, 0.29) is 11.3 Å². The molecule has 35 heavy (non-hydrogen) atoms. The molecule has 0 unspecified atom stereocenters. The van der Waals surface area contributed by atoms with E-state index in [9.17, 15) is 9.59 Å². The van der Waals surface area contributed by atoms with Crippen molar-refractivity contribution in [2.45, 2.75) is 0 Å². The molecule has 0 saturated heterocycles. The predicted octanol–water partition coefficient (Wildman–Crippen LogP) is 6.80. The normalized spacial score (nSPS) is 11.0. The molecule has 1 heterocycles. The minimum absolute atomic E-state index is 0.251. The highest BCUT2D eigenvalue weighted by atomic mass is 32.1. The van der Waals surface area contributed by atoms with Gasteiger partial charge in [-0.25, -0.2) is 14.6 Å². The lowest BCUT2D eigenvalue weighted by Crippen LogP contribution is -2.10. The van der Waals surface area contributed by atoms with Crippen LogP contribution in [0.1, 0.15) is 15.9 Å². The zero-order valence-corrected chi connectivity index (χ0v) is 19.3. The second kappa shape index (κ2) is 10.2. The molecule has 0 aliphatic carbocycles. The zero-order valence-electron chi connectivity index (χ0n) is 18.5. The third-order valence-electron chi connectivity index (χ3n) is 5.11. The van der Waals surface area contributed by atoms with Crippen LogP contribution in [-0.4, -0.2) is 16.9 Å². The van der Waals surface area contributed by atoms with Crippen LogP contribution < -0.4 is 9.47 Å². The number of hydrogen-bond donors (Lipinski definition) is 0. The molecule has 5 nitrogen and oxygen atoms in total. The Morgan fingerprint density at radius 2 is 1.54 bits per heavy atom. The van der Waals surface area contributed by atoms with Crippen LogP contribution >= 0.6 is 11.3 Å². The number of carbonyl (C=O) groups is 2. The van der Waals surface area contributed by atoms with Crippen molar-refractivity contribution in [2.24, 2.45) is 0 Å². The Balaban J connectivity index is 1.32. The quantitative estimate of drug-likeness (QED) is 0.153. The molecule has 1 aromatic heterocycles. The first kappa shape index (κ1) is 22.3. The molecule has 0 bridgehead atoms. The van der Waals surface area contributed by atoms with Crippen molar-refractivity contribution in [3.05, 3.63) is 120 Å². The Morgan fingerprint density at radius 3 is 2.40 bits per heavy atom. The third kappa shape index (κ3) is 5.34. The maximum Gasteiger partial charge on any atom is 0.343 e. The first-order chi connectivity index (χ1) is 17.2. The van der Waals surface area contributed by atoms with Gasteiger partial charge in [-0.2, -0.15) is 0 Å². The van der Waals surface area contributed by atoms with Crippen molar-refractivity contribution < 1.29 is 19.1 Å². The van der Waals surface area contributed by atoms with Crippen molar-refractivity contribution in [1.82, 2.24) is 4.98 Å². The monoisotopic (exact) mass is 477 g/mol. The number of fused-ring (bicyclic) bond motifs is 1. The lowest BCUT2D eigenvalue weighted by Gasteiger charge is -2.09. The molecule has 5 rings (SSSR count). The summed E-state index contributed by atoms with van der Waals surface area (Å²) < 4.78 is 12.1. The summed E-state index contributed by atoms with van der Waals surface area (Å²) in [6.07, 6.45) is 3.01. The lowest BCUT2D eigenvalue weighted by molar-refractivity contribution is -0.128. The van der Waals surface area contributed by atoms with Crippen molar-refractivity contribution in [1.29, 1.82) is 0 Å². The summed E-state index contributed by atoms with van der Waals surface area (Å²) in [6.45, 7) is 0. The average molecular weight is 478 g/mol. The maximum absolute atomic E-state index is 12.9. The second-order valence-corrected chi connectivity index (χ2v) is 8.60. The molecule has 0 atom stereocenters. The molecule has 0 radical (unpaired) electrons. The van der Waals surface area contributed by atoms with E-state index in [1.54, 1.807) is 36.4 Å². The first-order valence-corrected chi connectivity index (χ1v) is 11.7. The Bertz CT molecular complexity index is 1510. The van der Waals surface area contributed by atoms with Crippen LogP contribution in [0.2, 0.25) is 0 Å². The number of hydrogen-bond acceptors (Lipinski definition) is 6. The van der Waals surface area contributed by atoms with Gasteiger partial charge in [0.15, 0.2) is 0 Å². The van der Waals surface area contributed by atoms with E-state index in [0.717, 1.165) is 26.4 Å². The van der Waals surface area contributed by atoms with Gasteiger partial charge in [-0.05, 0) is 54.1 Å². The predicted molar refractivity (Wildman–Crippen MR) is 138 cm³/mol. The van der Waals surface area contributed by atoms with Crippen molar-refractivity contribution in [2.75, 3.05) is 0 Å². The molecule has 4 aromatic carbocycles. The minimum atomic E-state index is -0.559. The molecule has 0 fully saturated rings. The van der Waals surface area contributed by atoms with Gasteiger partial charge < -0.3 is 9.47 Å². The Morgan fingerprint density at radius 1 is 0.771 bits per heavy atom. The topological polar surface area (TPSA) is 65.5 Å². The lowest BCUT2D eigenvalue weighted by atomic mass is 10.2. The molecular weight excluding hydrogens is 458 g/mol. The van der Waals surface area contributed by atoms with E-state index in [2.05, 4.69) is 4.98 Å². The molecule has 170 valence electrons. The summed E-state index contributed by atoms with van der Waals surface area (Å²) in [7, 11) is 0. The summed E-state index contributed by atoms with van der Waals surface area (Å²) in [5, 5.41) is 0.766. The Hall–Kier alpha value is -4.55. The van der Waals surface area contributed by atoms with Gasteiger partial charge in [-0.1, -0.05) is 60.7 Å². The Kier molecular flexibility index (Phi) is 6.46. The maximum atomic E-state index is 12.9. The van der Waals surface area contributed by atoms with Crippen LogP contribution in [0.3, 0.4) is 0 Å². The molecule has 0 spiro atoms. The zero-order chi connectivity index (χ0) is 24.0. The largest absolute Gasteiger partial charge is 0.423 e. The molecule has 0 saturated carbocycles. The molecule has 5 aromatic rings. The number of nitrogens with zero attached hydrogens (tertiary/aromatic N) is 1. The number of ether oxygens (including phenoxy) is 2. The van der Waals surface area contributed by atoms with E-state index in [4.69, 9.17) is 9.47 Å². The van der Waals surface area contributed by atoms with E-state index in [1.807, 2.05) is 66.7 Å². The van der Waals surface area contributed by atoms with E-state index in [1.165, 1.54) is 23.5 Å². The summed E-state index contributed by atoms with van der Waals surface area (Å²) in [5.41, 5.74) is 2.77. The number of carbonyl (C=O) groups excluding carboxylic acids is 2. The van der Waals surface area contributed by atoms with Gasteiger partial charge in [0.25, 0.3) is 0 Å². The van der Waals surface area contributed by atoms with Gasteiger partial charge in [0.05, 0.1) is 21.3 Å². The third-order valence-corrected chi connectivity index (χ3v) is 6.18. The van der Waals surface area contributed by atoms with Crippen LogP contribution in [0.15, 0.2) is 109 Å². The van der Waals surface area contributed by atoms with Crippen molar-refractivity contribution >= 4 is 39.6 Å². The van der Waals surface area contributed by atoms with Crippen LogP contribution in [0.4, 0.5) is 0 Å². The fraction of sp³-hybridized carbons (Fsp3) is 0. The standard InChI is InChI=1S/C29H19NO4S/c31-27(18-17-20-9-2-1-3-10-20)33-22-12-8-11-21(19-22)29(32)34-25-15-6-4-13-23(25)28-30-24-14-5-7-16-26(24)35-28/h1-19H. The molecule has 6 heteroatoms. The van der Waals surface area contributed by atoms with Crippen molar-refractivity contribution in [3.8, 4) is 22.1 Å². The van der Waals surface area contributed by atoms with Crippen LogP contribution in [0.25, 0.3) is 26.9 Å². The summed E-state index contributed by atoms with van der Waals surface area (Å²) in [5.74, 6) is -0.441. The fourth-order valence-electron chi connectivity index (χ4n) is 3.44. The summed E-state index contributed by atoms with van der Waals surface area (Å²) >= 11 is 1.53. The van der Waals surface area contributed by atoms with Gasteiger partial charge >= 0.3 is 11.9 Å². The molecule has 0 N–H and O–H groups in total. The van der Waals surface area contributed by atoms with E-state index < -0.39 is 11.9 Å². The summed E-state index contributed by atoms with van der Waals surface area (Å²) in [6, 6.07) is 30.9. The van der Waals surface area contributed by atoms with Gasteiger partial charge in [0.2, 0.25) is 0 Å². The molecule has 0 aliphatic rings. The number of aromatic nitrogens is 1. The highest BCUT2D eigenvalue weighted by Gasteiger charge is 2.16. The van der Waals surface area contributed by atoms with Gasteiger partial charge in [-0.3, -0.25) is 0 Å². The van der Waals surface area contributed by atoms with Gasteiger partial charge in [0.1, 0.15) is 16.5 Å². The minimum Gasteiger partial charge on any atom is -0.423 e. The van der Waals surface area contributed by atoms with Crippen LogP contribution in [0, 0.1) is 0 Å². The number of thiazole rings is 1. The summed E-state index contributed by atoms with van der Waals surface area (Å²) in [4.78, 5) is 29.8. The molecule has 0 aliphatic heterocycles. The first-order valence-electron chi connectivity index (χ1n) is 10.9. The van der Waals surface area contributed by atoms with Gasteiger partial charge in [0, 0.05) is 6.08 Å². The highest BCUT2D eigenvalue weighted by molar-refractivity contribution is 7.21. The van der Waals surface area contributed by atoms with Crippen LogP contribution in [0.5, 0.6) is 11.5 Å². The second-order valence-electron chi connectivity index (χ2n) is 7.57. The number of rotatable bonds is 6. The Labute approximate surface area is 205 Å². The molecular formula is C29H19NO4S. The SMILES string of the molecule is O=C(C=Cc1ccccc1)Oc1cccc(C(=O)Oc2ccccc2-c2nc3ccccc3s2)c1.